The van der Waals surface area contributed by atoms with Crippen LogP contribution in [0.4, 0.5) is 0 Å². The van der Waals surface area contributed by atoms with Crippen molar-refractivity contribution in [2.24, 2.45) is 0 Å². The number of rotatable bonds is 6. The van der Waals surface area contributed by atoms with Gasteiger partial charge >= 0.3 is 0 Å². The van der Waals surface area contributed by atoms with Crippen molar-refractivity contribution in [1.29, 1.82) is 0 Å². The van der Waals surface area contributed by atoms with Gasteiger partial charge in [-0.15, -0.1) is 0 Å². The van der Waals surface area contributed by atoms with Crippen molar-refractivity contribution in [3.63, 3.8) is 0 Å². The van der Waals surface area contributed by atoms with Crippen LogP contribution in [0.3, 0.4) is 0 Å². The van der Waals surface area contributed by atoms with Crippen LogP contribution in [0.5, 0.6) is 5.75 Å². The van der Waals surface area contributed by atoms with Crippen LogP contribution in [-0.4, -0.2) is 31.4 Å². The van der Waals surface area contributed by atoms with Gasteiger partial charge < -0.3 is 9.64 Å². The summed E-state index contributed by atoms with van der Waals surface area (Å²) in [5.41, 5.74) is 2.39. The second kappa shape index (κ2) is 6.40. The van der Waals surface area contributed by atoms with E-state index in [-0.39, 0.29) is 5.78 Å². The number of hydrogen-bond donors (Lipinski definition) is 0. The zero-order chi connectivity index (χ0) is 12.8. The molecule has 0 radical (unpaired) electrons. The average Bonchev–Trinajstić information content (AvgIpc) is 2.26. The normalized spacial score (nSPS) is 10.6. The molecule has 0 aliphatic rings. The number of aryl methyl sites for hydroxylation is 1. The molecule has 0 bridgehead atoms. The lowest BCUT2D eigenvalue weighted by molar-refractivity contribution is -0.117. The largest absolute Gasteiger partial charge is 0.496 e. The van der Waals surface area contributed by atoms with Gasteiger partial charge in [0.15, 0.2) is 0 Å². The molecule has 0 saturated heterocycles. The minimum atomic E-state index is 0.239. The average molecular weight is 235 g/mol. The van der Waals surface area contributed by atoms with E-state index in [1.807, 2.05) is 20.0 Å². The van der Waals surface area contributed by atoms with Crippen LogP contribution >= 0.6 is 0 Å². The van der Waals surface area contributed by atoms with Crippen LogP contribution in [0.1, 0.15) is 24.5 Å². The fraction of sp³-hybridized carbons (Fsp3) is 0.500. The highest BCUT2D eigenvalue weighted by Crippen LogP contribution is 2.19. The zero-order valence-electron chi connectivity index (χ0n) is 11.1. The summed E-state index contributed by atoms with van der Waals surface area (Å²) < 4.78 is 5.23. The molecular weight excluding hydrogens is 214 g/mol. The minimum Gasteiger partial charge on any atom is -0.496 e. The van der Waals surface area contributed by atoms with Crippen LogP contribution in [-0.2, 0) is 11.3 Å². The summed E-state index contributed by atoms with van der Waals surface area (Å²) in [7, 11) is 3.71. The van der Waals surface area contributed by atoms with E-state index in [9.17, 15) is 4.79 Å². The monoisotopic (exact) mass is 235 g/mol. The van der Waals surface area contributed by atoms with Gasteiger partial charge in [0, 0.05) is 19.5 Å². The predicted octanol–water partition coefficient (Wildman–Crippen LogP) is 2.41. The molecular formula is C14H21NO2. The SMILES string of the molecule is COc1ccc(CN(C)CCC(C)=O)cc1C. The third-order valence-electron chi connectivity index (χ3n) is 2.76. The van der Waals surface area contributed by atoms with Gasteiger partial charge in [-0.1, -0.05) is 12.1 Å². The molecule has 17 heavy (non-hydrogen) atoms. The fourth-order valence-electron chi connectivity index (χ4n) is 1.78. The van der Waals surface area contributed by atoms with E-state index < -0.39 is 0 Å². The smallest absolute Gasteiger partial charge is 0.131 e. The lowest BCUT2D eigenvalue weighted by atomic mass is 10.1. The molecule has 1 aromatic carbocycles. The Morgan fingerprint density at radius 2 is 2.12 bits per heavy atom. The summed E-state index contributed by atoms with van der Waals surface area (Å²) in [6.07, 6.45) is 0.617. The summed E-state index contributed by atoms with van der Waals surface area (Å²) in [4.78, 5) is 13.1. The maximum absolute atomic E-state index is 10.9. The summed E-state index contributed by atoms with van der Waals surface area (Å²) in [5.74, 6) is 1.16. The van der Waals surface area contributed by atoms with Crippen molar-refractivity contribution in [3.8, 4) is 5.75 Å². The number of hydrogen-bond acceptors (Lipinski definition) is 3. The Hall–Kier alpha value is -1.35. The molecule has 0 atom stereocenters. The molecule has 0 N–H and O–H groups in total. The van der Waals surface area contributed by atoms with Gasteiger partial charge in [-0.2, -0.15) is 0 Å². The number of carbonyl (C=O) groups is 1. The third-order valence-corrected chi connectivity index (χ3v) is 2.76. The number of ether oxygens (including phenoxy) is 1. The number of carbonyl (C=O) groups excluding carboxylic acids is 1. The van der Waals surface area contributed by atoms with Gasteiger partial charge in [0.25, 0.3) is 0 Å². The lowest BCUT2D eigenvalue weighted by Crippen LogP contribution is -2.20. The van der Waals surface area contributed by atoms with Crippen molar-refractivity contribution in [2.75, 3.05) is 20.7 Å². The number of nitrogens with zero attached hydrogens (tertiary/aromatic N) is 1. The second-order valence-corrected chi connectivity index (χ2v) is 4.49. The van der Waals surface area contributed by atoms with Gasteiger partial charge in [-0.05, 0) is 38.1 Å². The maximum Gasteiger partial charge on any atom is 0.131 e. The molecule has 94 valence electrons. The molecule has 0 spiro atoms. The summed E-state index contributed by atoms with van der Waals surface area (Å²) in [5, 5.41) is 0. The van der Waals surface area contributed by atoms with Gasteiger partial charge in [0.1, 0.15) is 11.5 Å². The molecule has 3 heteroatoms. The van der Waals surface area contributed by atoms with Crippen LogP contribution in [0.2, 0.25) is 0 Å². The third kappa shape index (κ3) is 4.57. The summed E-state index contributed by atoms with van der Waals surface area (Å²) >= 11 is 0. The Morgan fingerprint density at radius 3 is 2.65 bits per heavy atom. The maximum atomic E-state index is 10.9. The topological polar surface area (TPSA) is 29.5 Å². The first-order valence-corrected chi connectivity index (χ1v) is 5.84. The Balaban J connectivity index is 2.56. The highest BCUT2D eigenvalue weighted by molar-refractivity contribution is 5.75. The van der Waals surface area contributed by atoms with Crippen molar-refractivity contribution >= 4 is 5.78 Å². The van der Waals surface area contributed by atoms with Crippen molar-refractivity contribution in [1.82, 2.24) is 4.90 Å². The lowest BCUT2D eigenvalue weighted by Gasteiger charge is -2.16. The highest BCUT2D eigenvalue weighted by Gasteiger charge is 2.04. The number of Topliss-reactive ketones (excluding diaryl/α,β-unsaturated/α-hetero) is 1. The standard InChI is InChI=1S/C14H21NO2/c1-11-9-13(5-6-14(11)17-4)10-15(3)8-7-12(2)16/h5-6,9H,7-8,10H2,1-4H3. The van der Waals surface area contributed by atoms with E-state index in [0.717, 1.165) is 24.4 Å². The van der Waals surface area contributed by atoms with E-state index >= 15 is 0 Å². The molecule has 0 aliphatic heterocycles. The molecule has 0 amide bonds. The van der Waals surface area contributed by atoms with E-state index in [2.05, 4.69) is 17.0 Å². The first-order chi connectivity index (χ1) is 8.02. The second-order valence-electron chi connectivity index (χ2n) is 4.49. The Bertz CT molecular complexity index is 388. The Labute approximate surface area is 103 Å². The molecule has 0 aliphatic carbocycles. The van der Waals surface area contributed by atoms with Crippen LogP contribution < -0.4 is 4.74 Å². The highest BCUT2D eigenvalue weighted by atomic mass is 16.5. The van der Waals surface area contributed by atoms with Crippen LogP contribution in [0.25, 0.3) is 0 Å². The molecule has 1 rings (SSSR count). The van der Waals surface area contributed by atoms with Gasteiger partial charge in [0.2, 0.25) is 0 Å². The van der Waals surface area contributed by atoms with E-state index in [0.29, 0.717) is 6.42 Å². The van der Waals surface area contributed by atoms with Gasteiger partial charge in [-0.25, -0.2) is 0 Å². The van der Waals surface area contributed by atoms with Gasteiger partial charge in [-0.3, -0.25) is 4.79 Å². The first-order valence-electron chi connectivity index (χ1n) is 5.84. The predicted molar refractivity (Wildman–Crippen MR) is 69.4 cm³/mol. The molecule has 0 unspecified atom stereocenters. The number of benzene rings is 1. The quantitative estimate of drug-likeness (QED) is 0.758. The molecule has 0 heterocycles. The number of methoxy groups -OCH3 is 1. The minimum absolute atomic E-state index is 0.239. The Morgan fingerprint density at radius 1 is 1.41 bits per heavy atom. The fourth-order valence-corrected chi connectivity index (χ4v) is 1.78. The van der Waals surface area contributed by atoms with E-state index in [1.54, 1.807) is 14.0 Å². The van der Waals surface area contributed by atoms with Crippen molar-refractivity contribution in [3.05, 3.63) is 29.3 Å². The molecule has 0 fully saturated rings. The van der Waals surface area contributed by atoms with E-state index in [4.69, 9.17) is 4.74 Å². The summed E-state index contributed by atoms with van der Waals surface area (Å²) in [6.45, 7) is 5.34. The zero-order valence-corrected chi connectivity index (χ0v) is 11.1. The number of ketones is 1. The Kier molecular flexibility index (Phi) is 5.16. The van der Waals surface area contributed by atoms with Crippen LogP contribution in [0, 0.1) is 6.92 Å². The summed E-state index contributed by atoms with van der Waals surface area (Å²) in [6, 6.07) is 6.18. The van der Waals surface area contributed by atoms with Crippen molar-refractivity contribution < 1.29 is 9.53 Å². The van der Waals surface area contributed by atoms with Crippen LogP contribution in [0.15, 0.2) is 18.2 Å². The van der Waals surface area contributed by atoms with E-state index in [1.165, 1.54) is 5.56 Å². The first kappa shape index (κ1) is 13.7. The molecule has 1 aromatic rings. The van der Waals surface area contributed by atoms with Gasteiger partial charge in [0.05, 0.1) is 7.11 Å². The molecule has 0 aromatic heterocycles. The van der Waals surface area contributed by atoms with Crippen molar-refractivity contribution in [2.45, 2.75) is 26.8 Å². The molecule has 0 saturated carbocycles. The molecule has 3 nitrogen and oxygen atoms in total.